The molecule has 2 aliphatic rings. The van der Waals surface area contributed by atoms with Crippen molar-refractivity contribution >= 4 is 14.3 Å². The Morgan fingerprint density at radius 3 is 2.50 bits per heavy atom. The van der Waals surface area contributed by atoms with E-state index in [2.05, 4.69) is 33.9 Å². The Bertz CT molecular complexity index is 347. The molecule has 0 spiro atoms. The van der Waals surface area contributed by atoms with Crippen LogP contribution in [0, 0.1) is 5.92 Å². The second-order valence-electron chi connectivity index (χ2n) is 7.06. The van der Waals surface area contributed by atoms with E-state index in [4.69, 9.17) is 9.16 Å². The molecule has 1 heterocycles. The summed E-state index contributed by atoms with van der Waals surface area (Å²) in [5.74, 6) is -0.191. The number of carbonyl (C=O) groups excluding carboxylic acids is 1. The third-order valence-electron chi connectivity index (χ3n) is 4.64. The Balaban J connectivity index is 2.11. The highest BCUT2D eigenvalue weighted by molar-refractivity contribution is 6.74. The summed E-state index contributed by atoms with van der Waals surface area (Å²) in [5, 5.41) is 9.73. The summed E-state index contributed by atoms with van der Waals surface area (Å²) in [4.78, 5) is 11.9. The van der Waals surface area contributed by atoms with E-state index in [1.54, 1.807) is 0 Å². The van der Waals surface area contributed by atoms with Crippen LogP contribution in [-0.4, -0.2) is 37.7 Å². The molecule has 0 unspecified atom stereocenters. The lowest BCUT2D eigenvalue weighted by molar-refractivity contribution is -0.147. The van der Waals surface area contributed by atoms with Crippen molar-refractivity contribution in [3.05, 3.63) is 0 Å². The van der Waals surface area contributed by atoms with E-state index in [0.29, 0.717) is 12.8 Å². The quantitative estimate of drug-likeness (QED) is 0.617. The molecule has 4 nitrogen and oxygen atoms in total. The highest BCUT2D eigenvalue weighted by Gasteiger charge is 2.53. The molecular formula is C13H24O4Si. The summed E-state index contributed by atoms with van der Waals surface area (Å²) < 4.78 is 11.5. The molecular weight excluding hydrogens is 248 g/mol. The number of hydrogen-bond donors (Lipinski definition) is 1. The van der Waals surface area contributed by atoms with E-state index in [1.165, 1.54) is 0 Å². The molecule has 4 atom stereocenters. The van der Waals surface area contributed by atoms with E-state index < -0.39 is 14.4 Å². The topological polar surface area (TPSA) is 55.8 Å². The van der Waals surface area contributed by atoms with Crippen molar-refractivity contribution in [2.24, 2.45) is 5.92 Å². The summed E-state index contributed by atoms with van der Waals surface area (Å²) >= 11 is 0. The minimum atomic E-state index is -1.98. The van der Waals surface area contributed by atoms with Crippen molar-refractivity contribution in [1.82, 2.24) is 0 Å². The van der Waals surface area contributed by atoms with Crippen molar-refractivity contribution in [2.45, 2.75) is 70.1 Å². The van der Waals surface area contributed by atoms with Gasteiger partial charge in [0.25, 0.3) is 0 Å². The van der Waals surface area contributed by atoms with Crippen LogP contribution < -0.4 is 0 Å². The van der Waals surface area contributed by atoms with E-state index in [9.17, 15) is 9.90 Å². The monoisotopic (exact) mass is 272 g/mol. The second kappa shape index (κ2) is 4.32. The fourth-order valence-electron chi connectivity index (χ4n) is 2.48. The Labute approximate surface area is 110 Å². The summed E-state index contributed by atoms with van der Waals surface area (Å²) in [7, 11) is -1.98. The number of carbonyl (C=O) groups is 1. The Morgan fingerprint density at radius 1 is 1.33 bits per heavy atom. The molecule has 1 saturated carbocycles. The van der Waals surface area contributed by atoms with Crippen LogP contribution in [0.2, 0.25) is 18.1 Å². The van der Waals surface area contributed by atoms with Crippen molar-refractivity contribution in [2.75, 3.05) is 0 Å². The van der Waals surface area contributed by atoms with E-state index in [0.717, 1.165) is 0 Å². The molecule has 1 aliphatic carbocycles. The normalized spacial score (nSPS) is 36.7. The number of ether oxygens (including phenoxy) is 1. The Hall–Kier alpha value is -0.393. The summed E-state index contributed by atoms with van der Waals surface area (Å²) in [6, 6.07) is 0. The second-order valence-corrected chi connectivity index (χ2v) is 11.8. The minimum Gasteiger partial charge on any atom is -0.460 e. The third-order valence-corrected chi connectivity index (χ3v) is 9.10. The number of aliphatic hydroxyl groups is 1. The molecule has 18 heavy (non-hydrogen) atoms. The molecule has 1 saturated heterocycles. The molecule has 0 bridgehead atoms. The first-order valence-electron chi connectivity index (χ1n) is 6.68. The molecule has 1 aliphatic heterocycles. The molecule has 0 aromatic carbocycles. The number of aliphatic hydroxyl groups excluding tert-OH is 1. The molecule has 104 valence electrons. The summed E-state index contributed by atoms with van der Waals surface area (Å²) in [6.07, 6.45) is 0.234. The maximum atomic E-state index is 11.9. The van der Waals surface area contributed by atoms with Gasteiger partial charge in [0.2, 0.25) is 0 Å². The van der Waals surface area contributed by atoms with Crippen LogP contribution in [0.4, 0.5) is 0 Å². The molecule has 0 radical (unpaired) electrons. The lowest BCUT2D eigenvalue weighted by atomic mass is 10.0. The highest BCUT2D eigenvalue weighted by Crippen LogP contribution is 2.43. The maximum Gasteiger partial charge on any atom is 0.334 e. The van der Waals surface area contributed by atoms with Crippen molar-refractivity contribution in [3.8, 4) is 0 Å². The van der Waals surface area contributed by atoms with Gasteiger partial charge in [-0.05, 0) is 24.6 Å². The lowest BCUT2D eigenvalue weighted by Crippen LogP contribution is -2.46. The van der Waals surface area contributed by atoms with Crippen molar-refractivity contribution in [1.29, 1.82) is 0 Å². The molecule has 2 rings (SSSR count). The zero-order chi connectivity index (χ0) is 13.7. The minimum absolute atomic E-state index is 0.0432. The molecule has 0 aromatic heterocycles. The van der Waals surface area contributed by atoms with Gasteiger partial charge in [0.15, 0.2) is 8.32 Å². The zero-order valence-corrected chi connectivity index (χ0v) is 12.9. The highest BCUT2D eigenvalue weighted by atomic mass is 28.4. The number of esters is 1. The van der Waals surface area contributed by atoms with Crippen LogP contribution in [0.1, 0.15) is 33.6 Å². The van der Waals surface area contributed by atoms with Crippen LogP contribution in [0.15, 0.2) is 0 Å². The first kappa shape index (κ1) is 14.0. The van der Waals surface area contributed by atoms with Gasteiger partial charge in [-0.3, -0.25) is 0 Å². The molecule has 2 fully saturated rings. The van der Waals surface area contributed by atoms with Gasteiger partial charge in [-0.2, -0.15) is 0 Å². The maximum absolute atomic E-state index is 11.9. The SMILES string of the molecule is CC(C)(C)[Si](C)(C)O[C@H]1C(=O)O[C@H]2C[C@H](O)C[C@H]21. The largest absolute Gasteiger partial charge is 0.460 e. The van der Waals surface area contributed by atoms with Gasteiger partial charge in [0, 0.05) is 12.3 Å². The van der Waals surface area contributed by atoms with Gasteiger partial charge in [-0.15, -0.1) is 0 Å². The van der Waals surface area contributed by atoms with Gasteiger partial charge in [-0.25, -0.2) is 4.79 Å². The third kappa shape index (κ3) is 2.35. The fourth-order valence-corrected chi connectivity index (χ4v) is 3.74. The fraction of sp³-hybridized carbons (Fsp3) is 0.923. The van der Waals surface area contributed by atoms with Crippen LogP contribution in [0.5, 0.6) is 0 Å². The first-order valence-corrected chi connectivity index (χ1v) is 9.59. The summed E-state index contributed by atoms with van der Waals surface area (Å²) in [5.41, 5.74) is 0. The summed E-state index contributed by atoms with van der Waals surface area (Å²) in [6.45, 7) is 10.7. The predicted molar refractivity (Wildman–Crippen MR) is 70.7 cm³/mol. The Morgan fingerprint density at radius 2 is 1.94 bits per heavy atom. The van der Waals surface area contributed by atoms with Gasteiger partial charge in [0.05, 0.1) is 6.10 Å². The van der Waals surface area contributed by atoms with Crippen molar-refractivity contribution < 1.29 is 19.1 Å². The van der Waals surface area contributed by atoms with Crippen LogP contribution in [-0.2, 0) is 14.0 Å². The molecule has 0 aromatic rings. The average Bonchev–Trinajstić information content (AvgIpc) is 2.64. The number of hydrogen-bond acceptors (Lipinski definition) is 4. The molecule has 0 amide bonds. The van der Waals surface area contributed by atoms with Crippen LogP contribution in [0.3, 0.4) is 0 Å². The standard InChI is InChI=1S/C13H24O4Si/c1-13(2,3)18(4,5)17-11-9-6-8(14)7-10(9)16-12(11)15/h8-11,14H,6-7H2,1-5H3/t8-,9-,10+,11-/m1/s1. The zero-order valence-electron chi connectivity index (χ0n) is 11.9. The van der Waals surface area contributed by atoms with Gasteiger partial charge in [-0.1, -0.05) is 20.8 Å². The average molecular weight is 272 g/mol. The Kier molecular flexibility index (Phi) is 3.36. The van der Waals surface area contributed by atoms with E-state index in [-0.39, 0.29) is 29.1 Å². The van der Waals surface area contributed by atoms with Gasteiger partial charge in [0.1, 0.15) is 12.2 Å². The first-order chi connectivity index (χ1) is 8.12. The van der Waals surface area contributed by atoms with Gasteiger partial charge < -0.3 is 14.3 Å². The lowest BCUT2D eigenvalue weighted by Gasteiger charge is -2.38. The smallest absolute Gasteiger partial charge is 0.334 e. The van der Waals surface area contributed by atoms with E-state index in [1.807, 2.05) is 0 Å². The van der Waals surface area contributed by atoms with Crippen LogP contribution >= 0.6 is 0 Å². The van der Waals surface area contributed by atoms with E-state index >= 15 is 0 Å². The van der Waals surface area contributed by atoms with Crippen LogP contribution in [0.25, 0.3) is 0 Å². The van der Waals surface area contributed by atoms with Gasteiger partial charge >= 0.3 is 5.97 Å². The van der Waals surface area contributed by atoms with Crippen molar-refractivity contribution in [3.63, 3.8) is 0 Å². The predicted octanol–water partition coefficient (Wildman–Crippen LogP) is 2.07. The number of fused-ring (bicyclic) bond motifs is 1. The molecule has 1 N–H and O–H groups in total. The molecule has 5 heteroatoms. The number of rotatable bonds is 2.